The van der Waals surface area contributed by atoms with Crippen LogP contribution in [0.4, 0.5) is 0 Å². The monoisotopic (exact) mass is 391 g/mol. The summed E-state index contributed by atoms with van der Waals surface area (Å²) in [6, 6.07) is 5.16. The van der Waals surface area contributed by atoms with Crippen molar-refractivity contribution in [2.45, 2.75) is 26.2 Å². The van der Waals surface area contributed by atoms with Crippen molar-refractivity contribution in [1.82, 2.24) is 4.90 Å². The van der Waals surface area contributed by atoms with Crippen molar-refractivity contribution in [3.8, 4) is 0 Å². The highest BCUT2D eigenvalue weighted by atomic mass is 127. The Morgan fingerprint density at radius 3 is 2.95 bits per heavy atom. The maximum Gasteiger partial charge on any atom is 0.261 e. The minimum Gasteiger partial charge on any atom is -0.278 e. The van der Waals surface area contributed by atoms with Gasteiger partial charge in [-0.15, -0.1) is 0 Å². The second-order valence-electron chi connectivity index (χ2n) is 4.79. The Kier molecular flexibility index (Phi) is 4.84. The topological polar surface area (TPSA) is 37.4 Å². The van der Waals surface area contributed by atoms with Gasteiger partial charge in [0.2, 0.25) is 5.91 Å². The number of likely N-dealkylation sites (tertiary alicyclic amines) is 1. The fourth-order valence-electron chi connectivity index (χ4n) is 2.39. The molecule has 1 fully saturated rings. The molecular weight excluding hydrogens is 377 g/mol. The number of imide groups is 1. The van der Waals surface area contributed by atoms with Gasteiger partial charge in [0, 0.05) is 21.6 Å². The number of nitrogens with zero attached hydrogens (tertiary/aromatic N) is 1. The van der Waals surface area contributed by atoms with E-state index >= 15 is 0 Å². The fraction of sp³-hybridized carbons (Fsp3) is 0.429. The number of amides is 2. The van der Waals surface area contributed by atoms with Crippen LogP contribution >= 0.6 is 34.2 Å². The van der Waals surface area contributed by atoms with Crippen molar-refractivity contribution in [3.05, 3.63) is 32.4 Å². The van der Waals surface area contributed by atoms with Gasteiger partial charge in [-0.25, -0.2) is 0 Å². The summed E-state index contributed by atoms with van der Waals surface area (Å²) < 4.78 is 0.818. The van der Waals surface area contributed by atoms with Crippen LogP contribution in [0.25, 0.3) is 0 Å². The third kappa shape index (κ3) is 3.28. The molecule has 0 saturated carbocycles. The summed E-state index contributed by atoms with van der Waals surface area (Å²) in [5, 5.41) is 0.514. The first-order valence-corrected chi connectivity index (χ1v) is 7.78. The number of benzene rings is 1. The van der Waals surface area contributed by atoms with Gasteiger partial charge < -0.3 is 0 Å². The summed E-state index contributed by atoms with van der Waals surface area (Å²) in [4.78, 5) is 25.7. The standard InChI is InChI=1S/C14H15ClINO2/c1-2-3-9-6-13(18)17(8-9)14(19)11-7-10(15)4-5-12(11)16/h4-5,7,9H,2-3,6,8H2,1H3. The van der Waals surface area contributed by atoms with Gasteiger partial charge in [-0.2, -0.15) is 0 Å². The molecule has 102 valence electrons. The maximum atomic E-state index is 12.4. The predicted molar refractivity (Wildman–Crippen MR) is 83.2 cm³/mol. The molecule has 1 heterocycles. The number of halogens is 2. The molecule has 2 rings (SSSR count). The van der Waals surface area contributed by atoms with Crippen LogP contribution in [0.3, 0.4) is 0 Å². The lowest BCUT2D eigenvalue weighted by atomic mass is 10.0. The average molecular weight is 392 g/mol. The van der Waals surface area contributed by atoms with Crippen LogP contribution in [0, 0.1) is 9.49 Å². The van der Waals surface area contributed by atoms with Gasteiger partial charge in [-0.3, -0.25) is 14.5 Å². The van der Waals surface area contributed by atoms with Crippen molar-refractivity contribution in [2.24, 2.45) is 5.92 Å². The van der Waals surface area contributed by atoms with Gasteiger partial charge in [0.1, 0.15) is 0 Å². The quantitative estimate of drug-likeness (QED) is 0.581. The lowest BCUT2D eigenvalue weighted by Crippen LogP contribution is -2.32. The van der Waals surface area contributed by atoms with E-state index in [9.17, 15) is 9.59 Å². The molecule has 0 aromatic heterocycles. The number of hydrogen-bond donors (Lipinski definition) is 0. The van der Waals surface area contributed by atoms with E-state index in [1.165, 1.54) is 4.90 Å². The molecule has 0 bridgehead atoms. The van der Waals surface area contributed by atoms with E-state index in [0.29, 0.717) is 29.5 Å². The molecule has 0 spiro atoms. The summed E-state index contributed by atoms with van der Waals surface area (Å²) >= 11 is 8.01. The van der Waals surface area contributed by atoms with Crippen molar-refractivity contribution in [2.75, 3.05) is 6.54 Å². The summed E-state index contributed by atoms with van der Waals surface area (Å²) in [5.74, 6) is 0.00743. The Balaban J connectivity index is 2.20. The Morgan fingerprint density at radius 1 is 1.53 bits per heavy atom. The molecule has 19 heavy (non-hydrogen) atoms. The number of rotatable bonds is 3. The van der Waals surface area contributed by atoms with Crippen molar-refractivity contribution in [3.63, 3.8) is 0 Å². The second-order valence-corrected chi connectivity index (χ2v) is 6.39. The van der Waals surface area contributed by atoms with E-state index in [1.807, 2.05) is 0 Å². The van der Waals surface area contributed by atoms with Gasteiger partial charge in [-0.05, 0) is 53.1 Å². The molecule has 1 saturated heterocycles. The van der Waals surface area contributed by atoms with Crippen LogP contribution in [0.2, 0.25) is 5.02 Å². The molecule has 3 nitrogen and oxygen atoms in total. The zero-order valence-corrected chi connectivity index (χ0v) is 13.6. The van der Waals surface area contributed by atoms with Crippen molar-refractivity contribution >= 4 is 46.0 Å². The third-order valence-electron chi connectivity index (χ3n) is 3.31. The largest absolute Gasteiger partial charge is 0.278 e. The van der Waals surface area contributed by atoms with E-state index in [2.05, 4.69) is 29.5 Å². The maximum absolute atomic E-state index is 12.4. The van der Waals surface area contributed by atoms with Gasteiger partial charge in [0.15, 0.2) is 0 Å². The second kappa shape index (κ2) is 6.22. The van der Waals surface area contributed by atoms with Crippen LogP contribution in [-0.2, 0) is 4.79 Å². The van der Waals surface area contributed by atoms with Crippen LogP contribution in [0.15, 0.2) is 18.2 Å². The SMILES string of the molecule is CCCC1CC(=O)N(C(=O)c2cc(Cl)ccc2I)C1. The highest BCUT2D eigenvalue weighted by Crippen LogP contribution is 2.26. The first-order valence-electron chi connectivity index (χ1n) is 6.32. The number of carbonyl (C=O) groups is 2. The van der Waals surface area contributed by atoms with Gasteiger partial charge in [0.25, 0.3) is 5.91 Å². The average Bonchev–Trinajstić information content (AvgIpc) is 2.73. The highest BCUT2D eigenvalue weighted by molar-refractivity contribution is 14.1. The van der Waals surface area contributed by atoms with E-state index in [4.69, 9.17) is 11.6 Å². The molecule has 1 aromatic rings. The third-order valence-corrected chi connectivity index (χ3v) is 4.48. The van der Waals surface area contributed by atoms with E-state index < -0.39 is 0 Å². The molecule has 5 heteroatoms. The molecule has 1 aliphatic rings. The molecular formula is C14H15ClINO2. The lowest BCUT2D eigenvalue weighted by Gasteiger charge is -2.15. The first-order chi connectivity index (χ1) is 9.02. The predicted octanol–water partition coefficient (Wildman–Crippen LogP) is 3.73. The van der Waals surface area contributed by atoms with Crippen LogP contribution in [-0.4, -0.2) is 23.3 Å². The Hall–Kier alpha value is -0.620. The van der Waals surface area contributed by atoms with Crippen LogP contribution in [0.1, 0.15) is 36.5 Å². The molecule has 1 atom stereocenters. The Morgan fingerprint density at radius 2 is 2.26 bits per heavy atom. The molecule has 1 unspecified atom stereocenters. The minimum absolute atomic E-state index is 0.0702. The van der Waals surface area contributed by atoms with Crippen molar-refractivity contribution < 1.29 is 9.59 Å². The van der Waals surface area contributed by atoms with E-state index in [1.54, 1.807) is 18.2 Å². The van der Waals surface area contributed by atoms with Gasteiger partial charge in [0.05, 0.1) is 5.56 Å². The van der Waals surface area contributed by atoms with Gasteiger partial charge >= 0.3 is 0 Å². The zero-order chi connectivity index (χ0) is 14.0. The molecule has 0 N–H and O–H groups in total. The highest BCUT2D eigenvalue weighted by Gasteiger charge is 2.34. The summed E-state index contributed by atoms with van der Waals surface area (Å²) in [6.07, 6.45) is 2.51. The smallest absolute Gasteiger partial charge is 0.261 e. The normalized spacial score (nSPS) is 19.0. The van der Waals surface area contributed by atoms with Crippen LogP contribution < -0.4 is 0 Å². The minimum atomic E-state index is -0.226. The molecule has 0 aliphatic carbocycles. The summed E-state index contributed by atoms with van der Waals surface area (Å²) in [6.45, 7) is 2.63. The Bertz CT molecular complexity index is 518. The van der Waals surface area contributed by atoms with E-state index in [-0.39, 0.29) is 11.8 Å². The van der Waals surface area contributed by atoms with Crippen molar-refractivity contribution in [1.29, 1.82) is 0 Å². The Labute approximate surface area is 131 Å². The summed E-state index contributed by atoms with van der Waals surface area (Å²) in [5.41, 5.74) is 0.513. The lowest BCUT2D eigenvalue weighted by molar-refractivity contribution is -0.125. The van der Waals surface area contributed by atoms with Gasteiger partial charge in [-0.1, -0.05) is 24.9 Å². The fourth-order valence-corrected chi connectivity index (χ4v) is 3.12. The molecule has 1 aromatic carbocycles. The van der Waals surface area contributed by atoms with E-state index in [0.717, 1.165) is 16.4 Å². The molecule has 0 radical (unpaired) electrons. The summed E-state index contributed by atoms with van der Waals surface area (Å²) in [7, 11) is 0. The number of hydrogen-bond acceptors (Lipinski definition) is 2. The van der Waals surface area contributed by atoms with Crippen LogP contribution in [0.5, 0.6) is 0 Å². The molecule has 2 amide bonds. The molecule has 1 aliphatic heterocycles. The number of carbonyl (C=O) groups excluding carboxylic acids is 2. The zero-order valence-electron chi connectivity index (χ0n) is 10.7. The first kappa shape index (κ1) is 14.8.